The highest BCUT2D eigenvalue weighted by Gasteiger charge is 2.16. The minimum absolute atomic E-state index is 0.268. The molecule has 0 saturated heterocycles. The van der Waals surface area contributed by atoms with Crippen LogP contribution in [-0.4, -0.2) is 29.2 Å². The molecule has 0 atom stereocenters. The monoisotopic (exact) mass is 441 g/mol. The summed E-state index contributed by atoms with van der Waals surface area (Å²) in [6.07, 6.45) is 2.90. The molecule has 0 N–H and O–H groups in total. The van der Waals surface area contributed by atoms with E-state index in [0.717, 1.165) is 28.3 Å². The molecule has 32 heavy (non-hydrogen) atoms. The third-order valence-corrected chi connectivity index (χ3v) is 6.17. The van der Waals surface area contributed by atoms with E-state index in [9.17, 15) is 8.42 Å². The van der Waals surface area contributed by atoms with Crippen molar-refractivity contribution in [3.63, 3.8) is 0 Å². The molecule has 0 aliphatic heterocycles. The Morgan fingerprint density at radius 1 is 0.781 bits per heavy atom. The summed E-state index contributed by atoms with van der Waals surface area (Å²) in [5.74, 6) is 2.17. The van der Waals surface area contributed by atoms with E-state index in [0.29, 0.717) is 11.5 Å². The number of ether oxygens (including phenoxy) is 1. The van der Waals surface area contributed by atoms with Crippen molar-refractivity contribution in [1.29, 1.82) is 0 Å². The van der Waals surface area contributed by atoms with Crippen LogP contribution in [-0.2, 0) is 9.84 Å². The number of nitrogens with zero attached hydrogens (tertiary/aromatic N) is 3. The Morgan fingerprint density at radius 2 is 1.47 bits per heavy atom. The highest BCUT2D eigenvalue weighted by molar-refractivity contribution is 7.90. The lowest BCUT2D eigenvalue weighted by atomic mass is 10.2. The molecule has 0 aliphatic carbocycles. The summed E-state index contributed by atoms with van der Waals surface area (Å²) < 4.78 is 31.6. The molecule has 0 unspecified atom stereocenters. The number of benzene rings is 3. The maximum atomic E-state index is 11.8. The Balaban J connectivity index is 1.58. The summed E-state index contributed by atoms with van der Waals surface area (Å²) >= 11 is 0. The Hall–Kier alpha value is -3.97. The Morgan fingerprint density at radius 3 is 2.16 bits per heavy atom. The molecule has 158 valence electrons. The molecular formula is C25H19N3O3S. The third kappa shape index (κ3) is 3.86. The van der Waals surface area contributed by atoms with Crippen molar-refractivity contribution in [2.45, 2.75) is 4.90 Å². The van der Waals surface area contributed by atoms with Gasteiger partial charge in [0.05, 0.1) is 10.4 Å². The molecule has 0 amide bonds. The van der Waals surface area contributed by atoms with Crippen molar-refractivity contribution in [3.05, 3.63) is 97.2 Å². The van der Waals surface area contributed by atoms with Crippen molar-refractivity contribution in [2.75, 3.05) is 6.26 Å². The van der Waals surface area contributed by atoms with Gasteiger partial charge in [-0.2, -0.15) is 0 Å². The first-order valence-corrected chi connectivity index (χ1v) is 11.9. The molecule has 0 spiro atoms. The van der Waals surface area contributed by atoms with Crippen LogP contribution >= 0.6 is 0 Å². The van der Waals surface area contributed by atoms with Gasteiger partial charge in [0, 0.05) is 23.7 Å². The van der Waals surface area contributed by atoms with Gasteiger partial charge in [0.2, 0.25) is 0 Å². The standard InChI is InChI=1S/C25H19N3O3S/c1-32(29,30)22-15-9-18(10-16-22)25-27-24-23(8-5-17-26-24)28(25)19-11-13-21(14-12-19)31-20-6-3-2-4-7-20/h2-17H,1H3. The predicted molar refractivity (Wildman–Crippen MR) is 124 cm³/mol. The first-order valence-electron chi connectivity index (χ1n) is 9.96. The topological polar surface area (TPSA) is 74.1 Å². The Labute approximate surface area is 185 Å². The zero-order valence-corrected chi connectivity index (χ0v) is 18.0. The lowest BCUT2D eigenvalue weighted by Crippen LogP contribution is -1.99. The molecule has 0 radical (unpaired) electrons. The fraction of sp³-hybridized carbons (Fsp3) is 0.0400. The minimum atomic E-state index is -3.27. The molecule has 5 rings (SSSR count). The lowest BCUT2D eigenvalue weighted by Gasteiger charge is -2.11. The van der Waals surface area contributed by atoms with E-state index in [1.54, 1.807) is 30.5 Å². The molecule has 7 heteroatoms. The van der Waals surface area contributed by atoms with Crippen LogP contribution in [0.2, 0.25) is 0 Å². The summed E-state index contributed by atoms with van der Waals surface area (Å²) in [4.78, 5) is 9.37. The summed E-state index contributed by atoms with van der Waals surface area (Å²) in [7, 11) is -3.27. The van der Waals surface area contributed by atoms with Crippen molar-refractivity contribution in [3.8, 4) is 28.6 Å². The molecule has 3 aromatic carbocycles. The van der Waals surface area contributed by atoms with E-state index in [1.807, 2.05) is 71.3 Å². The Bertz CT molecular complexity index is 1490. The molecule has 2 aromatic heterocycles. The van der Waals surface area contributed by atoms with Crippen molar-refractivity contribution in [2.24, 2.45) is 0 Å². The quantitative estimate of drug-likeness (QED) is 0.371. The molecule has 2 heterocycles. The average Bonchev–Trinajstić information content (AvgIpc) is 3.19. The first-order chi connectivity index (χ1) is 15.5. The van der Waals surface area contributed by atoms with E-state index in [-0.39, 0.29) is 4.90 Å². The smallest absolute Gasteiger partial charge is 0.178 e. The number of rotatable bonds is 5. The zero-order valence-electron chi connectivity index (χ0n) is 17.2. The highest BCUT2D eigenvalue weighted by Crippen LogP contribution is 2.30. The predicted octanol–water partition coefficient (Wildman–Crippen LogP) is 5.28. The molecular weight excluding hydrogens is 422 g/mol. The van der Waals surface area contributed by atoms with Gasteiger partial charge in [-0.05, 0) is 72.8 Å². The van der Waals surface area contributed by atoms with Crippen molar-refractivity contribution in [1.82, 2.24) is 14.5 Å². The van der Waals surface area contributed by atoms with Gasteiger partial charge in [0.15, 0.2) is 15.5 Å². The number of aromatic nitrogens is 3. The van der Waals surface area contributed by atoms with E-state index in [4.69, 9.17) is 9.72 Å². The fourth-order valence-corrected chi connectivity index (χ4v) is 4.14. The number of imidazole rings is 1. The molecule has 6 nitrogen and oxygen atoms in total. The van der Waals surface area contributed by atoms with Gasteiger partial charge in [-0.15, -0.1) is 0 Å². The van der Waals surface area contributed by atoms with Gasteiger partial charge in [0.25, 0.3) is 0 Å². The number of fused-ring (bicyclic) bond motifs is 1. The van der Waals surface area contributed by atoms with Crippen LogP contribution in [0, 0.1) is 0 Å². The fourth-order valence-electron chi connectivity index (χ4n) is 3.51. The van der Waals surface area contributed by atoms with Gasteiger partial charge in [-0.3, -0.25) is 4.57 Å². The van der Waals surface area contributed by atoms with Crippen molar-refractivity contribution >= 4 is 21.0 Å². The van der Waals surface area contributed by atoms with E-state index in [1.165, 1.54) is 6.26 Å². The second-order valence-corrected chi connectivity index (χ2v) is 9.34. The van der Waals surface area contributed by atoms with Crippen LogP contribution in [0.3, 0.4) is 0 Å². The maximum absolute atomic E-state index is 11.8. The lowest BCUT2D eigenvalue weighted by molar-refractivity contribution is 0.482. The minimum Gasteiger partial charge on any atom is -0.457 e. The normalized spacial score (nSPS) is 11.5. The number of hydrogen-bond acceptors (Lipinski definition) is 5. The second kappa shape index (κ2) is 7.94. The van der Waals surface area contributed by atoms with E-state index >= 15 is 0 Å². The molecule has 0 fully saturated rings. The van der Waals surface area contributed by atoms with E-state index < -0.39 is 9.84 Å². The van der Waals surface area contributed by atoms with Crippen LogP contribution in [0.1, 0.15) is 0 Å². The molecule has 0 bridgehead atoms. The number of pyridine rings is 1. The van der Waals surface area contributed by atoms with Crippen LogP contribution in [0.25, 0.3) is 28.2 Å². The summed E-state index contributed by atoms with van der Waals surface area (Å²) in [5, 5.41) is 0. The van der Waals surface area contributed by atoms with Crippen LogP contribution in [0.15, 0.2) is 102 Å². The molecule has 5 aromatic rings. The number of para-hydroxylation sites is 1. The largest absolute Gasteiger partial charge is 0.457 e. The van der Waals surface area contributed by atoms with E-state index in [2.05, 4.69) is 4.98 Å². The van der Waals surface area contributed by atoms with Crippen LogP contribution in [0.5, 0.6) is 11.5 Å². The first kappa shape index (κ1) is 20.0. The molecule has 0 saturated carbocycles. The van der Waals surface area contributed by atoms with Gasteiger partial charge >= 0.3 is 0 Å². The number of sulfone groups is 1. The summed E-state index contributed by atoms with van der Waals surface area (Å²) in [5.41, 5.74) is 3.15. The zero-order chi connectivity index (χ0) is 22.1. The van der Waals surface area contributed by atoms with Crippen LogP contribution in [0.4, 0.5) is 0 Å². The SMILES string of the molecule is CS(=O)(=O)c1ccc(-c2nc3ncccc3n2-c2ccc(Oc3ccccc3)cc2)cc1. The summed E-state index contributed by atoms with van der Waals surface area (Å²) in [6, 6.07) is 27.9. The molecule has 0 aliphatic rings. The number of hydrogen-bond donors (Lipinski definition) is 0. The Kier molecular flexibility index (Phi) is 4.95. The average molecular weight is 442 g/mol. The van der Waals surface area contributed by atoms with Gasteiger partial charge < -0.3 is 4.74 Å². The van der Waals surface area contributed by atoms with Gasteiger partial charge in [-0.1, -0.05) is 18.2 Å². The van der Waals surface area contributed by atoms with Gasteiger partial charge in [-0.25, -0.2) is 18.4 Å². The second-order valence-electron chi connectivity index (χ2n) is 7.32. The summed E-state index contributed by atoms with van der Waals surface area (Å²) in [6.45, 7) is 0. The van der Waals surface area contributed by atoms with Gasteiger partial charge in [0.1, 0.15) is 17.3 Å². The third-order valence-electron chi connectivity index (χ3n) is 5.05. The maximum Gasteiger partial charge on any atom is 0.178 e. The van der Waals surface area contributed by atoms with Crippen LogP contribution < -0.4 is 4.74 Å². The van der Waals surface area contributed by atoms with Crippen molar-refractivity contribution < 1.29 is 13.2 Å². The highest BCUT2D eigenvalue weighted by atomic mass is 32.2.